The lowest BCUT2D eigenvalue weighted by atomic mass is 10.2. The van der Waals surface area contributed by atoms with E-state index in [4.69, 9.17) is 11.6 Å². The van der Waals surface area contributed by atoms with Gasteiger partial charge in [-0.15, -0.1) is 0 Å². The molecular weight excluding hydrogens is 265 g/mol. The fourth-order valence-electron chi connectivity index (χ4n) is 0.876. The summed E-state index contributed by atoms with van der Waals surface area (Å²) in [6.07, 6.45) is 0. The highest BCUT2D eigenvalue weighted by Gasteiger charge is 2.00. The topological polar surface area (TPSA) is 29.1 Å². The second-order valence-electron chi connectivity index (χ2n) is 2.64. The number of anilines is 1. The van der Waals surface area contributed by atoms with E-state index in [1.807, 2.05) is 13.0 Å². The van der Waals surface area contributed by atoms with E-state index in [0.717, 1.165) is 5.56 Å². The quantitative estimate of drug-likeness (QED) is 0.783. The Labute approximate surface area is 95.8 Å². The molecular formula is C10H7BrClNO. The van der Waals surface area contributed by atoms with E-state index in [1.165, 1.54) is 0 Å². The molecule has 2 nitrogen and oxygen atoms in total. The molecule has 0 radical (unpaired) electrons. The second-order valence-corrected chi connectivity index (χ2v) is 3.44. The third-order valence-corrected chi connectivity index (χ3v) is 2.20. The predicted molar refractivity (Wildman–Crippen MR) is 61.5 cm³/mol. The van der Waals surface area contributed by atoms with Crippen LogP contribution in [0.3, 0.4) is 0 Å². The Balaban J connectivity index is 2.81. The van der Waals surface area contributed by atoms with Crippen LogP contribution in [0.5, 0.6) is 0 Å². The summed E-state index contributed by atoms with van der Waals surface area (Å²) in [7, 11) is 0. The second kappa shape index (κ2) is 5.04. The molecule has 1 rings (SSSR count). The fourth-order valence-corrected chi connectivity index (χ4v) is 1.24. The van der Waals surface area contributed by atoms with Crippen molar-refractivity contribution in [3.63, 3.8) is 0 Å². The lowest BCUT2D eigenvalue weighted by Crippen LogP contribution is -2.08. The molecule has 0 saturated heterocycles. The van der Waals surface area contributed by atoms with Gasteiger partial charge in [0.1, 0.15) is 0 Å². The first-order valence-electron chi connectivity index (χ1n) is 3.82. The molecule has 72 valence electrons. The number of nitrogens with one attached hydrogen (secondary N) is 1. The Bertz CT molecular complexity index is 420. The van der Waals surface area contributed by atoms with Gasteiger partial charge in [0.15, 0.2) is 0 Å². The van der Waals surface area contributed by atoms with E-state index < -0.39 is 0 Å². The molecule has 1 N–H and O–H groups in total. The Morgan fingerprint density at radius 2 is 2.29 bits per heavy atom. The van der Waals surface area contributed by atoms with Crippen molar-refractivity contribution < 1.29 is 4.79 Å². The van der Waals surface area contributed by atoms with Gasteiger partial charge in [-0.2, -0.15) is 0 Å². The number of carbonyl (C=O) groups excluding carboxylic acids is 1. The molecule has 4 heteroatoms. The maximum absolute atomic E-state index is 11.1. The Morgan fingerprint density at radius 1 is 1.57 bits per heavy atom. The van der Waals surface area contributed by atoms with Crippen LogP contribution in [-0.4, -0.2) is 5.91 Å². The summed E-state index contributed by atoms with van der Waals surface area (Å²) in [5.41, 5.74) is 1.61. The van der Waals surface area contributed by atoms with E-state index in [-0.39, 0.29) is 5.91 Å². The predicted octanol–water partition coefficient (Wildman–Crippen LogP) is 2.94. The minimum atomic E-state index is -0.373. The molecule has 0 aliphatic rings. The van der Waals surface area contributed by atoms with Crippen LogP contribution in [0.25, 0.3) is 0 Å². The van der Waals surface area contributed by atoms with Gasteiger partial charge >= 0.3 is 5.91 Å². The SMILES string of the molecule is Cc1ccc(NC(=O)C#CBr)cc1Cl. The summed E-state index contributed by atoms with van der Waals surface area (Å²) in [5.74, 6) is 1.93. The molecule has 0 bridgehead atoms. The summed E-state index contributed by atoms with van der Waals surface area (Å²) >= 11 is 8.72. The monoisotopic (exact) mass is 271 g/mol. The maximum Gasteiger partial charge on any atom is 0.301 e. The van der Waals surface area contributed by atoms with Crippen LogP contribution >= 0.6 is 27.5 Å². The zero-order valence-electron chi connectivity index (χ0n) is 7.40. The number of halogens is 2. The molecule has 0 saturated carbocycles. The van der Waals surface area contributed by atoms with Crippen LogP contribution in [0.2, 0.25) is 5.02 Å². The maximum atomic E-state index is 11.1. The number of amides is 1. The zero-order chi connectivity index (χ0) is 10.6. The van der Waals surface area contributed by atoms with E-state index in [0.29, 0.717) is 10.7 Å². The highest BCUT2D eigenvalue weighted by Crippen LogP contribution is 2.19. The van der Waals surface area contributed by atoms with Crippen LogP contribution in [0, 0.1) is 17.7 Å². The summed E-state index contributed by atoms with van der Waals surface area (Å²) in [6, 6.07) is 5.29. The van der Waals surface area contributed by atoms with Crippen LogP contribution in [0.15, 0.2) is 18.2 Å². The molecule has 1 aromatic carbocycles. The molecule has 0 aromatic heterocycles. The Kier molecular flexibility index (Phi) is 3.99. The van der Waals surface area contributed by atoms with Gasteiger partial charge in [0, 0.05) is 32.6 Å². The van der Waals surface area contributed by atoms with E-state index in [2.05, 4.69) is 32.0 Å². The van der Waals surface area contributed by atoms with Crippen molar-refractivity contribution in [3.05, 3.63) is 28.8 Å². The summed E-state index contributed by atoms with van der Waals surface area (Å²) in [4.78, 5) is 13.4. The van der Waals surface area contributed by atoms with E-state index >= 15 is 0 Å². The number of carbonyl (C=O) groups is 1. The van der Waals surface area contributed by atoms with E-state index in [1.54, 1.807) is 12.1 Å². The van der Waals surface area contributed by atoms with Crippen molar-refractivity contribution in [2.24, 2.45) is 0 Å². The smallest absolute Gasteiger partial charge is 0.301 e. The lowest BCUT2D eigenvalue weighted by Gasteiger charge is -2.02. The van der Waals surface area contributed by atoms with Gasteiger partial charge in [0.2, 0.25) is 0 Å². The summed E-state index contributed by atoms with van der Waals surface area (Å²) in [6.45, 7) is 1.90. The van der Waals surface area contributed by atoms with Gasteiger partial charge in [-0.1, -0.05) is 17.7 Å². The largest absolute Gasteiger partial charge is 0.315 e. The average molecular weight is 273 g/mol. The van der Waals surface area contributed by atoms with Crippen molar-refractivity contribution >= 4 is 39.1 Å². The highest BCUT2D eigenvalue weighted by molar-refractivity contribution is 9.12. The van der Waals surface area contributed by atoms with Crippen molar-refractivity contribution in [1.82, 2.24) is 0 Å². The average Bonchev–Trinajstić information content (AvgIpc) is 2.12. The molecule has 0 spiro atoms. The van der Waals surface area contributed by atoms with Gasteiger partial charge in [-0.25, -0.2) is 0 Å². The molecule has 1 aromatic rings. The Morgan fingerprint density at radius 3 is 2.86 bits per heavy atom. The summed E-state index contributed by atoms with van der Waals surface area (Å²) < 4.78 is 0. The third-order valence-electron chi connectivity index (χ3n) is 1.59. The molecule has 0 aliphatic heterocycles. The van der Waals surface area contributed by atoms with Crippen LogP contribution in [-0.2, 0) is 4.79 Å². The Hall–Kier alpha value is -0.980. The highest BCUT2D eigenvalue weighted by atomic mass is 79.9. The van der Waals surface area contributed by atoms with Crippen molar-refractivity contribution in [1.29, 1.82) is 0 Å². The van der Waals surface area contributed by atoms with Gasteiger partial charge in [0.05, 0.1) is 0 Å². The number of benzene rings is 1. The number of hydrogen-bond acceptors (Lipinski definition) is 1. The van der Waals surface area contributed by atoms with E-state index in [9.17, 15) is 4.79 Å². The van der Waals surface area contributed by atoms with Crippen LogP contribution < -0.4 is 5.32 Å². The van der Waals surface area contributed by atoms with Gasteiger partial charge in [0.25, 0.3) is 0 Å². The van der Waals surface area contributed by atoms with Crippen LogP contribution in [0.1, 0.15) is 5.56 Å². The minimum absolute atomic E-state index is 0.373. The zero-order valence-corrected chi connectivity index (χ0v) is 9.74. The first-order valence-corrected chi connectivity index (χ1v) is 4.99. The molecule has 0 unspecified atom stereocenters. The van der Waals surface area contributed by atoms with Crippen molar-refractivity contribution in [2.45, 2.75) is 6.92 Å². The molecule has 0 heterocycles. The van der Waals surface area contributed by atoms with Crippen LogP contribution in [0.4, 0.5) is 5.69 Å². The fraction of sp³-hybridized carbons (Fsp3) is 0.100. The van der Waals surface area contributed by atoms with Gasteiger partial charge in [-0.3, -0.25) is 4.79 Å². The molecule has 14 heavy (non-hydrogen) atoms. The molecule has 0 atom stereocenters. The minimum Gasteiger partial charge on any atom is -0.315 e. The van der Waals surface area contributed by atoms with Gasteiger partial charge < -0.3 is 5.32 Å². The van der Waals surface area contributed by atoms with Crippen molar-refractivity contribution in [3.8, 4) is 10.8 Å². The third kappa shape index (κ3) is 3.06. The first kappa shape index (κ1) is 11.1. The summed E-state index contributed by atoms with van der Waals surface area (Å²) in [5, 5.41) is 3.20. The number of hydrogen-bond donors (Lipinski definition) is 1. The number of rotatable bonds is 1. The normalized spacial score (nSPS) is 8.79. The first-order chi connectivity index (χ1) is 6.63. The van der Waals surface area contributed by atoms with Gasteiger partial charge in [-0.05, 0) is 29.4 Å². The van der Waals surface area contributed by atoms with Crippen molar-refractivity contribution in [2.75, 3.05) is 5.32 Å². The molecule has 0 fully saturated rings. The lowest BCUT2D eigenvalue weighted by molar-refractivity contribution is -0.111. The standard InChI is InChI=1S/C10H7BrClNO/c1-7-2-3-8(6-9(7)12)13-10(14)4-5-11/h2-3,6H,1H3,(H,13,14). The molecule has 1 amide bonds. The molecule has 0 aliphatic carbocycles. The number of aryl methyl sites for hydroxylation is 1.